The SMILES string of the molecule is CP(=Nn1nc2ccccc2c1Nc1ccccc1)(c1ccccc1)c1ccccc1. The Morgan fingerprint density at radius 3 is 1.81 bits per heavy atom. The van der Waals surface area contributed by atoms with Gasteiger partial charge in [-0.2, -0.15) is 4.85 Å². The van der Waals surface area contributed by atoms with Crippen molar-refractivity contribution in [2.24, 2.45) is 4.85 Å². The van der Waals surface area contributed by atoms with Crippen molar-refractivity contribution >= 4 is 40.1 Å². The van der Waals surface area contributed by atoms with E-state index in [2.05, 4.69) is 78.7 Å². The van der Waals surface area contributed by atoms with E-state index < -0.39 is 7.05 Å². The predicted octanol–water partition coefficient (Wildman–Crippen LogP) is 6.03. The minimum Gasteiger partial charge on any atom is -0.338 e. The van der Waals surface area contributed by atoms with E-state index in [0.717, 1.165) is 22.4 Å². The molecule has 0 aliphatic carbocycles. The normalized spacial score (nSPS) is 11.4. The second kappa shape index (κ2) is 8.25. The summed E-state index contributed by atoms with van der Waals surface area (Å²) in [6, 6.07) is 39.4. The largest absolute Gasteiger partial charge is 0.338 e. The van der Waals surface area contributed by atoms with Crippen molar-refractivity contribution in [1.82, 2.24) is 9.89 Å². The van der Waals surface area contributed by atoms with Gasteiger partial charge in [-0.15, -0.1) is 9.89 Å². The van der Waals surface area contributed by atoms with Gasteiger partial charge in [0.25, 0.3) is 0 Å². The lowest BCUT2D eigenvalue weighted by Crippen LogP contribution is -2.16. The maximum atomic E-state index is 5.32. The highest BCUT2D eigenvalue weighted by Crippen LogP contribution is 2.44. The second-order valence-corrected chi connectivity index (χ2v) is 10.6. The van der Waals surface area contributed by atoms with Crippen molar-refractivity contribution in [3.05, 3.63) is 115 Å². The average molecular weight is 422 g/mol. The van der Waals surface area contributed by atoms with Gasteiger partial charge in [-0.3, -0.25) is 0 Å². The van der Waals surface area contributed by atoms with E-state index >= 15 is 0 Å². The van der Waals surface area contributed by atoms with Crippen molar-refractivity contribution in [1.29, 1.82) is 0 Å². The topological polar surface area (TPSA) is 42.2 Å². The smallest absolute Gasteiger partial charge is 0.162 e. The third-order valence-corrected chi connectivity index (χ3v) is 8.51. The molecule has 0 aliphatic heterocycles. The van der Waals surface area contributed by atoms with Crippen LogP contribution in [0.3, 0.4) is 0 Å². The number of para-hydroxylation sites is 1. The zero-order chi connectivity index (χ0) is 21.1. The number of benzene rings is 4. The van der Waals surface area contributed by atoms with Gasteiger partial charge in [0, 0.05) is 11.1 Å². The van der Waals surface area contributed by atoms with Gasteiger partial charge in [-0.25, -0.2) is 0 Å². The van der Waals surface area contributed by atoms with Crippen LogP contribution >= 0.6 is 7.05 Å². The lowest BCUT2D eigenvalue weighted by molar-refractivity contribution is 0.772. The summed E-state index contributed by atoms with van der Waals surface area (Å²) in [6.07, 6.45) is 0. The molecule has 152 valence electrons. The molecule has 1 N–H and O–H groups in total. The van der Waals surface area contributed by atoms with Crippen LogP contribution in [0.4, 0.5) is 11.5 Å². The van der Waals surface area contributed by atoms with Gasteiger partial charge in [-0.05, 0) is 41.5 Å². The van der Waals surface area contributed by atoms with E-state index in [9.17, 15) is 0 Å². The standard InChI is InChI=1S/C26H23N4P/c1-31(22-15-7-3-8-16-22,23-17-9-4-10-18-23)29-30-26(27-21-13-5-2-6-14-21)24-19-11-12-20-25(24)28-30/h2-20,27H,1H3. The van der Waals surface area contributed by atoms with Crippen LogP contribution in [-0.4, -0.2) is 16.6 Å². The van der Waals surface area contributed by atoms with Crippen LogP contribution in [0.1, 0.15) is 0 Å². The van der Waals surface area contributed by atoms with Gasteiger partial charge in [-0.1, -0.05) is 91.0 Å². The number of fused-ring (bicyclic) bond motifs is 1. The van der Waals surface area contributed by atoms with Crippen molar-refractivity contribution < 1.29 is 0 Å². The molecule has 0 amide bonds. The highest BCUT2D eigenvalue weighted by atomic mass is 31.2. The first kappa shape index (κ1) is 19.3. The Morgan fingerprint density at radius 1 is 0.677 bits per heavy atom. The predicted molar refractivity (Wildman–Crippen MR) is 132 cm³/mol. The summed E-state index contributed by atoms with van der Waals surface area (Å²) in [5, 5.41) is 11.9. The number of aromatic nitrogens is 2. The lowest BCUT2D eigenvalue weighted by Gasteiger charge is -2.21. The lowest BCUT2D eigenvalue weighted by atomic mass is 10.2. The first-order valence-corrected chi connectivity index (χ1v) is 12.4. The van der Waals surface area contributed by atoms with Crippen LogP contribution in [0, 0.1) is 0 Å². The van der Waals surface area contributed by atoms with E-state index in [1.54, 1.807) is 4.79 Å². The quantitative estimate of drug-likeness (QED) is 0.352. The number of hydrogen-bond donors (Lipinski definition) is 1. The molecule has 0 saturated carbocycles. The fourth-order valence-electron chi connectivity index (χ4n) is 3.72. The zero-order valence-electron chi connectivity index (χ0n) is 17.3. The van der Waals surface area contributed by atoms with Gasteiger partial charge in [0.05, 0.1) is 12.6 Å². The van der Waals surface area contributed by atoms with Crippen LogP contribution in [0.5, 0.6) is 0 Å². The summed E-state index contributed by atoms with van der Waals surface area (Å²) in [5.41, 5.74) is 1.92. The molecule has 5 heteroatoms. The molecule has 0 bridgehead atoms. The number of anilines is 2. The van der Waals surface area contributed by atoms with Gasteiger partial charge in [0.2, 0.25) is 0 Å². The second-order valence-electron chi connectivity index (χ2n) is 7.47. The number of nitrogens with zero attached hydrogens (tertiary/aromatic N) is 3. The number of rotatable bonds is 5. The Bertz CT molecular complexity index is 1320. The molecule has 0 unspecified atom stereocenters. The Labute approximate surface area is 182 Å². The molecular formula is C26H23N4P. The Morgan fingerprint density at radius 2 is 1.19 bits per heavy atom. The summed E-state index contributed by atoms with van der Waals surface area (Å²) >= 11 is 0. The molecule has 0 atom stereocenters. The van der Waals surface area contributed by atoms with Crippen molar-refractivity contribution in [3.8, 4) is 0 Å². The van der Waals surface area contributed by atoms with Crippen LogP contribution in [0.25, 0.3) is 10.9 Å². The van der Waals surface area contributed by atoms with E-state index in [1.165, 1.54) is 10.6 Å². The van der Waals surface area contributed by atoms with Gasteiger partial charge in [0.15, 0.2) is 5.82 Å². The molecule has 0 aliphatic rings. The van der Waals surface area contributed by atoms with Gasteiger partial charge in [0.1, 0.15) is 0 Å². The van der Waals surface area contributed by atoms with E-state index in [4.69, 9.17) is 9.95 Å². The van der Waals surface area contributed by atoms with Crippen molar-refractivity contribution in [3.63, 3.8) is 0 Å². The van der Waals surface area contributed by atoms with Crippen LogP contribution in [0.2, 0.25) is 0 Å². The van der Waals surface area contributed by atoms with Crippen molar-refractivity contribution in [2.45, 2.75) is 0 Å². The zero-order valence-corrected chi connectivity index (χ0v) is 18.2. The molecular weight excluding hydrogens is 399 g/mol. The molecule has 5 rings (SSSR count). The Balaban J connectivity index is 1.76. The highest BCUT2D eigenvalue weighted by Gasteiger charge is 2.21. The van der Waals surface area contributed by atoms with Crippen LogP contribution in [0.15, 0.2) is 120 Å². The maximum Gasteiger partial charge on any atom is 0.162 e. The monoisotopic (exact) mass is 422 g/mol. The molecule has 5 aromatic rings. The van der Waals surface area contributed by atoms with Crippen molar-refractivity contribution in [2.75, 3.05) is 12.0 Å². The fraction of sp³-hybridized carbons (Fsp3) is 0.0385. The summed E-state index contributed by atoms with van der Waals surface area (Å²) < 4.78 is 0. The fourth-order valence-corrected chi connectivity index (χ4v) is 6.20. The molecule has 31 heavy (non-hydrogen) atoms. The van der Waals surface area contributed by atoms with Gasteiger partial charge >= 0.3 is 0 Å². The van der Waals surface area contributed by atoms with E-state index in [-0.39, 0.29) is 0 Å². The summed E-state index contributed by atoms with van der Waals surface area (Å²) in [4.78, 5) is 7.12. The Kier molecular flexibility index (Phi) is 5.15. The number of hydrogen-bond acceptors (Lipinski definition) is 3. The molecule has 4 aromatic carbocycles. The summed E-state index contributed by atoms with van der Waals surface area (Å²) in [6.45, 7) is 2.25. The molecule has 0 spiro atoms. The third-order valence-electron chi connectivity index (χ3n) is 5.38. The summed E-state index contributed by atoms with van der Waals surface area (Å²) in [7, 11) is -2.10. The Hall–Kier alpha value is -3.62. The van der Waals surface area contributed by atoms with Crippen LogP contribution < -0.4 is 15.9 Å². The highest BCUT2D eigenvalue weighted by molar-refractivity contribution is 7.80. The first-order valence-electron chi connectivity index (χ1n) is 10.3. The molecule has 1 aromatic heterocycles. The molecule has 0 saturated heterocycles. The molecule has 0 radical (unpaired) electrons. The molecule has 1 heterocycles. The molecule has 0 fully saturated rings. The number of nitrogens with one attached hydrogen (secondary N) is 1. The third kappa shape index (κ3) is 3.78. The maximum absolute atomic E-state index is 5.32. The summed E-state index contributed by atoms with van der Waals surface area (Å²) in [5.74, 6) is 0.875. The minimum atomic E-state index is -2.10. The van der Waals surface area contributed by atoms with Gasteiger partial charge < -0.3 is 5.32 Å². The van der Waals surface area contributed by atoms with E-state index in [0.29, 0.717) is 0 Å². The van der Waals surface area contributed by atoms with Crippen LogP contribution in [-0.2, 0) is 0 Å². The minimum absolute atomic E-state index is 0.875. The first-order chi connectivity index (χ1) is 15.2. The van der Waals surface area contributed by atoms with E-state index in [1.807, 2.05) is 48.5 Å². The average Bonchev–Trinajstić information content (AvgIpc) is 3.17. The molecule has 4 nitrogen and oxygen atoms in total.